The second-order valence-corrected chi connectivity index (χ2v) is 7.54. The molecule has 3 aliphatic rings. The summed E-state index contributed by atoms with van der Waals surface area (Å²) in [7, 11) is 0. The van der Waals surface area contributed by atoms with Crippen LogP contribution in [0.2, 0.25) is 0 Å². The first-order valence-electron chi connectivity index (χ1n) is 9.21. The van der Waals surface area contributed by atoms with E-state index >= 15 is 0 Å². The van der Waals surface area contributed by atoms with E-state index in [1.807, 2.05) is 18.2 Å². The lowest BCUT2D eigenvalue weighted by molar-refractivity contribution is -0.181. The van der Waals surface area contributed by atoms with Gasteiger partial charge in [0.2, 0.25) is 0 Å². The van der Waals surface area contributed by atoms with Crippen LogP contribution in [0.5, 0.6) is 0 Å². The summed E-state index contributed by atoms with van der Waals surface area (Å²) in [5.74, 6) is 0.0438. The number of ether oxygens (including phenoxy) is 2. The Morgan fingerprint density at radius 1 is 1.40 bits per heavy atom. The Hall–Kier alpha value is -1.53. The average Bonchev–Trinajstić information content (AvgIpc) is 2.99. The first-order valence-corrected chi connectivity index (χ1v) is 9.21. The topological polar surface area (TPSA) is 51.7 Å². The monoisotopic (exact) mass is 348 g/mol. The maximum Gasteiger partial charge on any atom is 0.260 e. The van der Waals surface area contributed by atoms with Crippen molar-refractivity contribution in [2.45, 2.75) is 50.0 Å². The summed E-state index contributed by atoms with van der Waals surface area (Å²) >= 11 is 0. The van der Waals surface area contributed by atoms with Crippen molar-refractivity contribution in [3.63, 3.8) is 0 Å². The Morgan fingerprint density at radius 3 is 2.92 bits per heavy atom. The Kier molecular flexibility index (Phi) is 4.50. The third kappa shape index (κ3) is 3.17. The highest BCUT2D eigenvalue weighted by Gasteiger charge is 2.58. The highest BCUT2D eigenvalue weighted by atomic mass is 19.1. The van der Waals surface area contributed by atoms with Crippen LogP contribution in [0.15, 0.2) is 24.4 Å². The van der Waals surface area contributed by atoms with E-state index in [4.69, 9.17) is 9.47 Å². The second-order valence-electron chi connectivity index (χ2n) is 7.54. The van der Waals surface area contributed by atoms with Crippen LogP contribution in [-0.2, 0) is 20.9 Å². The predicted octanol–water partition coefficient (Wildman–Crippen LogP) is 2.50. The highest BCUT2D eigenvalue weighted by molar-refractivity contribution is 5.87. The number of pyridine rings is 1. The molecule has 1 saturated carbocycles. The van der Waals surface area contributed by atoms with Crippen molar-refractivity contribution >= 4 is 5.91 Å². The van der Waals surface area contributed by atoms with Gasteiger partial charge in [-0.3, -0.25) is 9.78 Å². The van der Waals surface area contributed by atoms with E-state index in [2.05, 4.69) is 4.98 Å². The minimum atomic E-state index is -1.60. The van der Waals surface area contributed by atoms with Gasteiger partial charge in [-0.1, -0.05) is 6.07 Å². The van der Waals surface area contributed by atoms with Crippen LogP contribution >= 0.6 is 0 Å². The van der Waals surface area contributed by atoms with Crippen LogP contribution < -0.4 is 0 Å². The third-order valence-electron chi connectivity index (χ3n) is 5.92. The molecule has 4 rings (SSSR count). The quantitative estimate of drug-likeness (QED) is 0.741. The Balaban J connectivity index is 1.24. The van der Waals surface area contributed by atoms with E-state index in [0.717, 1.165) is 25.0 Å². The molecule has 1 atom stereocenters. The van der Waals surface area contributed by atoms with E-state index in [0.29, 0.717) is 51.7 Å². The van der Waals surface area contributed by atoms with E-state index in [9.17, 15) is 9.18 Å². The molecule has 0 unspecified atom stereocenters. The fourth-order valence-corrected chi connectivity index (χ4v) is 4.16. The summed E-state index contributed by atoms with van der Waals surface area (Å²) in [6, 6.07) is 5.78. The molecule has 5 nitrogen and oxygen atoms in total. The number of likely N-dealkylation sites (tertiary alicyclic amines) is 1. The lowest BCUT2D eigenvalue weighted by atomic mass is 9.75. The van der Waals surface area contributed by atoms with Crippen LogP contribution in [0.1, 0.15) is 37.8 Å². The number of halogens is 1. The number of alkyl halides is 1. The number of amides is 1. The van der Waals surface area contributed by atoms with E-state index < -0.39 is 5.67 Å². The average molecular weight is 348 g/mol. The molecule has 25 heavy (non-hydrogen) atoms. The van der Waals surface area contributed by atoms with Crippen molar-refractivity contribution < 1.29 is 18.7 Å². The van der Waals surface area contributed by atoms with Gasteiger partial charge in [-0.05, 0) is 50.2 Å². The summed E-state index contributed by atoms with van der Waals surface area (Å²) in [5, 5.41) is 0. The maximum absolute atomic E-state index is 14.3. The molecule has 1 aliphatic carbocycles. The SMILES string of the molecule is O=C(N1CC2(C1)OCC[C@H]2CCOCc1ccccn1)C1(F)CCC1. The summed E-state index contributed by atoms with van der Waals surface area (Å²) in [6.07, 6.45) is 5.21. The number of carbonyl (C=O) groups is 1. The summed E-state index contributed by atoms with van der Waals surface area (Å²) in [6.45, 7) is 2.93. The normalized spacial score (nSPS) is 26.3. The molecule has 3 fully saturated rings. The van der Waals surface area contributed by atoms with Gasteiger partial charge in [0.25, 0.3) is 5.91 Å². The van der Waals surface area contributed by atoms with Gasteiger partial charge in [0.15, 0.2) is 5.67 Å². The fraction of sp³-hybridized carbons (Fsp3) is 0.684. The van der Waals surface area contributed by atoms with Crippen molar-refractivity contribution in [1.29, 1.82) is 0 Å². The lowest BCUT2D eigenvalue weighted by Gasteiger charge is -2.52. The minimum Gasteiger partial charge on any atom is -0.375 e. The number of carbonyl (C=O) groups excluding carboxylic acids is 1. The highest BCUT2D eigenvalue weighted by Crippen LogP contribution is 2.45. The number of nitrogens with zero attached hydrogens (tertiary/aromatic N) is 2. The van der Waals surface area contributed by atoms with E-state index in [1.165, 1.54) is 0 Å². The standard InChI is InChI=1S/C19H25FN2O3/c20-18(7-3-8-18)17(23)22-13-19(14-22)15(6-11-25-19)5-10-24-12-16-4-1-2-9-21-16/h1-2,4,9,15H,3,5-8,10-14H2/t15-/m1/s1. The van der Waals surface area contributed by atoms with Crippen molar-refractivity contribution in [2.24, 2.45) is 5.92 Å². The van der Waals surface area contributed by atoms with Gasteiger partial charge in [0.05, 0.1) is 25.4 Å². The molecule has 3 heterocycles. The van der Waals surface area contributed by atoms with Crippen molar-refractivity contribution in [2.75, 3.05) is 26.3 Å². The number of hydrogen-bond donors (Lipinski definition) is 0. The van der Waals surface area contributed by atoms with Crippen LogP contribution in [0, 0.1) is 5.92 Å². The fourth-order valence-electron chi connectivity index (χ4n) is 4.16. The smallest absolute Gasteiger partial charge is 0.260 e. The van der Waals surface area contributed by atoms with Gasteiger partial charge in [-0.25, -0.2) is 4.39 Å². The zero-order valence-corrected chi connectivity index (χ0v) is 14.5. The molecule has 0 radical (unpaired) electrons. The van der Waals surface area contributed by atoms with Crippen LogP contribution in [0.25, 0.3) is 0 Å². The zero-order chi connectivity index (χ0) is 17.3. The minimum absolute atomic E-state index is 0.274. The molecule has 136 valence electrons. The number of hydrogen-bond acceptors (Lipinski definition) is 4. The molecule has 1 amide bonds. The molecule has 0 bridgehead atoms. The van der Waals surface area contributed by atoms with Gasteiger partial charge >= 0.3 is 0 Å². The van der Waals surface area contributed by atoms with Gasteiger partial charge in [0.1, 0.15) is 5.60 Å². The molecule has 1 spiro atoms. The van der Waals surface area contributed by atoms with Crippen LogP contribution in [0.3, 0.4) is 0 Å². The third-order valence-corrected chi connectivity index (χ3v) is 5.92. The second kappa shape index (κ2) is 6.65. The maximum atomic E-state index is 14.3. The predicted molar refractivity (Wildman–Crippen MR) is 89.6 cm³/mol. The summed E-state index contributed by atoms with van der Waals surface area (Å²) in [5.41, 5.74) is -0.944. The molecular formula is C19H25FN2O3. The number of rotatable bonds is 6. The largest absolute Gasteiger partial charge is 0.375 e. The van der Waals surface area contributed by atoms with Crippen molar-refractivity contribution in [3.8, 4) is 0 Å². The number of aromatic nitrogens is 1. The summed E-state index contributed by atoms with van der Waals surface area (Å²) in [4.78, 5) is 18.1. The molecule has 2 aliphatic heterocycles. The molecule has 0 N–H and O–H groups in total. The molecule has 1 aromatic heterocycles. The molecule has 6 heteroatoms. The van der Waals surface area contributed by atoms with Gasteiger partial charge < -0.3 is 14.4 Å². The molecule has 0 aromatic carbocycles. The molecule has 2 saturated heterocycles. The van der Waals surface area contributed by atoms with Gasteiger partial charge in [0, 0.05) is 19.4 Å². The first kappa shape index (κ1) is 16.9. The van der Waals surface area contributed by atoms with Gasteiger partial charge in [-0.2, -0.15) is 0 Å². The Labute approximate surface area is 147 Å². The molecule has 1 aromatic rings. The van der Waals surface area contributed by atoms with Crippen molar-refractivity contribution in [3.05, 3.63) is 30.1 Å². The van der Waals surface area contributed by atoms with Gasteiger partial charge in [-0.15, -0.1) is 0 Å². The lowest BCUT2D eigenvalue weighted by Crippen LogP contribution is -2.69. The zero-order valence-electron chi connectivity index (χ0n) is 14.5. The van der Waals surface area contributed by atoms with Crippen LogP contribution in [-0.4, -0.2) is 53.4 Å². The first-order chi connectivity index (χ1) is 12.1. The van der Waals surface area contributed by atoms with E-state index in [-0.39, 0.29) is 11.5 Å². The van der Waals surface area contributed by atoms with Crippen LogP contribution in [0.4, 0.5) is 4.39 Å². The van der Waals surface area contributed by atoms with E-state index in [1.54, 1.807) is 11.1 Å². The Bertz CT molecular complexity index is 614. The summed E-state index contributed by atoms with van der Waals surface area (Å²) < 4.78 is 26.0. The Morgan fingerprint density at radius 2 is 2.24 bits per heavy atom. The van der Waals surface area contributed by atoms with Crippen molar-refractivity contribution in [1.82, 2.24) is 9.88 Å². The molecular weight excluding hydrogens is 323 g/mol.